The van der Waals surface area contributed by atoms with E-state index < -0.39 is 5.82 Å². The second kappa shape index (κ2) is 5.85. The van der Waals surface area contributed by atoms with E-state index in [1.807, 2.05) is 30.3 Å². The molecule has 0 aromatic heterocycles. The number of nitrogens with two attached hydrogens (primary N) is 1. The third-order valence-electron chi connectivity index (χ3n) is 2.55. The molecule has 0 heterocycles. The average Bonchev–Trinajstić information content (AvgIpc) is 2.39. The molecule has 0 saturated carbocycles. The first kappa shape index (κ1) is 12.9. The Morgan fingerprint density at radius 2 is 1.83 bits per heavy atom. The van der Waals surface area contributed by atoms with Crippen LogP contribution in [-0.4, -0.2) is 6.61 Å². The minimum absolute atomic E-state index is 0.0468. The summed E-state index contributed by atoms with van der Waals surface area (Å²) < 4.78 is 18.8. The van der Waals surface area contributed by atoms with Crippen molar-refractivity contribution >= 4 is 11.6 Å². The topological polar surface area (TPSA) is 35.2 Å². The van der Waals surface area contributed by atoms with Crippen molar-refractivity contribution < 1.29 is 9.13 Å². The highest BCUT2D eigenvalue weighted by Gasteiger charge is 2.11. The van der Waals surface area contributed by atoms with Crippen LogP contribution in [0.25, 0.3) is 0 Å². The lowest BCUT2D eigenvalue weighted by Gasteiger charge is -2.14. The van der Waals surface area contributed by atoms with Gasteiger partial charge in [0.25, 0.3) is 0 Å². The summed E-state index contributed by atoms with van der Waals surface area (Å²) in [6.45, 7) is 0.171. The molecule has 0 amide bonds. The van der Waals surface area contributed by atoms with Crippen LogP contribution in [0.2, 0.25) is 5.02 Å². The smallest absolute Gasteiger partial charge is 0.173 e. The minimum Gasteiger partial charge on any atom is -0.487 e. The summed E-state index contributed by atoms with van der Waals surface area (Å²) in [5, 5.41) is 0.246. The van der Waals surface area contributed by atoms with Crippen LogP contribution in [0.3, 0.4) is 0 Å². The first-order chi connectivity index (χ1) is 8.68. The Hall–Kier alpha value is -1.58. The zero-order valence-electron chi connectivity index (χ0n) is 9.64. The summed E-state index contributed by atoms with van der Waals surface area (Å²) in [6, 6.07) is 13.6. The fourth-order valence-electron chi connectivity index (χ4n) is 1.59. The molecule has 0 aliphatic carbocycles. The average molecular weight is 266 g/mol. The van der Waals surface area contributed by atoms with Gasteiger partial charge in [-0.15, -0.1) is 0 Å². The molecule has 2 aromatic rings. The Kier molecular flexibility index (Phi) is 4.18. The van der Waals surface area contributed by atoms with Crippen LogP contribution in [0.15, 0.2) is 48.5 Å². The lowest BCUT2D eigenvalue weighted by atomic mass is 10.1. The second-order valence-electron chi connectivity index (χ2n) is 3.88. The van der Waals surface area contributed by atoms with E-state index in [2.05, 4.69) is 0 Å². The van der Waals surface area contributed by atoms with Crippen LogP contribution in [0.4, 0.5) is 4.39 Å². The number of rotatable bonds is 4. The molecule has 0 spiro atoms. The number of benzene rings is 2. The Balaban J connectivity index is 2.04. The van der Waals surface area contributed by atoms with Gasteiger partial charge in [-0.05, 0) is 17.7 Å². The molecular weight excluding hydrogens is 253 g/mol. The SMILES string of the molecule is NC(COc1c(F)cccc1Cl)c1ccccc1. The van der Waals surface area contributed by atoms with Crippen molar-refractivity contribution in [1.29, 1.82) is 0 Å². The first-order valence-electron chi connectivity index (χ1n) is 5.56. The van der Waals surface area contributed by atoms with Crippen LogP contribution in [0.1, 0.15) is 11.6 Å². The predicted octanol–water partition coefficient (Wildman–Crippen LogP) is 3.56. The van der Waals surface area contributed by atoms with E-state index in [0.717, 1.165) is 5.56 Å². The van der Waals surface area contributed by atoms with Crippen molar-refractivity contribution in [3.63, 3.8) is 0 Å². The number of halogens is 2. The summed E-state index contributed by atoms with van der Waals surface area (Å²) in [5.41, 5.74) is 6.89. The van der Waals surface area contributed by atoms with Gasteiger partial charge >= 0.3 is 0 Å². The van der Waals surface area contributed by atoms with Crippen molar-refractivity contribution in [2.45, 2.75) is 6.04 Å². The molecule has 0 radical (unpaired) electrons. The number of ether oxygens (including phenoxy) is 1. The van der Waals surface area contributed by atoms with Crippen molar-refractivity contribution in [3.05, 3.63) is 64.9 Å². The molecule has 0 aliphatic rings. The van der Waals surface area contributed by atoms with Crippen LogP contribution < -0.4 is 10.5 Å². The predicted molar refractivity (Wildman–Crippen MR) is 70.3 cm³/mol. The summed E-state index contributed by atoms with van der Waals surface area (Å²) in [7, 11) is 0. The van der Waals surface area contributed by atoms with Gasteiger partial charge in [-0.1, -0.05) is 48.0 Å². The van der Waals surface area contributed by atoms with Gasteiger partial charge in [0.1, 0.15) is 6.61 Å². The van der Waals surface area contributed by atoms with Gasteiger partial charge in [-0.25, -0.2) is 4.39 Å². The van der Waals surface area contributed by atoms with Gasteiger partial charge in [-0.2, -0.15) is 0 Å². The van der Waals surface area contributed by atoms with Gasteiger partial charge in [0.2, 0.25) is 0 Å². The number of para-hydroxylation sites is 1. The second-order valence-corrected chi connectivity index (χ2v) is 4.29. The largest absolute Gasteiger partial charge is 0.487 e. The number of hydrogen-bond donors (Lipinski definition) is 1. The third-order valence-corrected chi connectivity index (χ3v) is 2.85. The monoisotopic (exact) mass is 265 g/mol. The lowest BCUT2D eigenvalue weighted by Crippen LogP contribution is -2.19. The highest BCUT2D eigenvalue weighted by atomic mass is 35.5. The Morgan fingerprint density at radius 1 is 1.11 bits per heavy atom. The van der Waals surface area contributed by atoms with Crippen LogP contribution >= 0.6 is 11.6 Å². The molecular formula is C14H13ClFNO. The highest BCUT2D eigenvalue weighted by Crippen LogP contribution is 2.27. The summed E-state index contributed by atoms with van der Waals surface area (Å²) in [6.07, 6.45) is 0. The van der Waals surface area contributed by atoms with Gasteiger partial charge in [0, 0.05) is 0 Å². The molecule has 2 rings (SSSR count). The molecule has 2 nitrogen and oxygen atoms in total. The number of hydrogen-bond acceptors (Lipinski definition) is 2. The van der Waals surface area contributed by atoms with Crippen LogP contribution in [0, 0.1) is 5.82 Å². The van der Waals surface area contributed by atoms with Crippen LogP contribution in [0.5, 0.6) is 5.75 Å². The molecule has 0 aliphatic heterocycles. The molecule has 18 heavy (non-hydrogen) atoms. The molecule has 2 aromatic carbocycles. The normalized spacial score (nSPS) is 12.2. The third kappa shape index (κ3) is 3.00. The van der Waals surface area contributed by atoms with Crippen molar-refractivity contribution in [2.24, 2.45) is 5.73 Å². The quantitative estimate of drug-likeness (QED) is 0.917. The first-order valence-corrected chi connectivity index (χ1v) is 5.93. The Bertz CT molecular complexity index is 498. The Morgan fingerprint density at radius 3 is 2.50 bits per heavy atom. The van der Waals surface area contributed by atoms with Crippen LogP contribution in [-0.2, 0) is 0 Å². The molecule has 4 heteroatoms. The van der Waals surface area contributed by atoms with E-state index in [9.17, 15) is 4.39 Å². The Labute approximate surface area is 110 Å². The fourth-order valence-corrected chi connectivity index (χ4v) is 1.81. The maximum Gasteiger partial charge on any atom is 0.173 e. The molecule has 2 N–H and O–H groups in total. The van der Waals surface area contributed by atoms with E-state index in [0.29, 0.717) is 0 Å². The van der Waals surface area contributed by atoms with Crippen molar-refractivity contribution in [3.8, 4) is 5.75 Å². The van der Waals surface area contributed by atoms with Gasteiger partial charge in [0.15, 0.2) is 11.6 Å². The zero-order valence-corrected chi connectivity index (χ0v) is 10.4. The van der Waals surface area contributed by atoms with Crippen molar-refractivity contribution in [1.82, 2.24) is 0 Å². The van der Waals surface area contributed by atoms with E-state index in [1.165, 1.54) is 12.1 Å². The molecule has 1 unspecified atom stereocenters. The molecule has 0 saturated heterocycles. The van der Waals surface area contributed by atoms with Crippen molar-refractivity contribution in [2.75, 3.05) is 6.61 Å². The fraction of sp³-hybridized carbons (Fsp3) is 0.143. The lowest BCUT2D eigenvalue weighted by molar-refractivity contribution is 0.277. The summed E-state index contributed by atoms with van der Waals surface area (Å²) >= 11 is 5.85. The molecule has 0 fully saturated rings. The molecule has 1 atom stereocenters. The van der Waals surface area contributed by atoms with Gasteiger partial charge in [-0.3, -0.25) is 0 Å². The highest BCUT2D eigenvalue weighted by molar-refractivity contribution is 6.32. The molecule has 0 bridgehead atoms. The van der Waals surface area contributed by atoms with E-state index in [-0.39, 0.29) is 23.4 Å². The minimum atomic E-state index is -0.484. The van der Waals surface area contributed by atoms with E-state index in [4.69, 9.17) is 22.1 Å². The van der Waals surface area contributed by atoms with E-state index in [1.54, 1.807) is 6.07 Å². The maximum atomic E-state index is 13.5. The van der Waals surface area contributed by atoms with Gasteiger partial charge in [0.05, 0.1) is 11.1 Å². The van der Waals surface area contributed by atoms with Gasteiger partial charge < -0.3 is 10.5 Å². The standard InChI is InChI=1S/C14H13ClFNO/c15-11-7-4-8-12(16)14(11)18-9-13(17)10-5-2-1-3-6-10/h1-8,13H,9,17H2. The molecule has 94 valence electrons. The van der Waals surface area contributed by atoms with E-state index >= 15 is 0 Å². The summed E-state index contributed by atoms with van der Waals surface area (Å²) in [5.74, 6) is -0.437. The maximum absolute atomic E-state index is 13.5. The zero-order chi connectivity index (χ0) is 13.0. The summed E-state index contributed by atoms with van der Waals surface area (Å²) in [4.78, 5) is 0.